The molecule has 0 saturated carbocycles. The van der Waals surface area contributed by atoms with Crippen LogP contribution in [0.2, 0.25) is 0 Å². The van der Waals surface area contributed by atoms with Gasteiger partial charge in [-0.25, -0.2) is 0 Å². The van der Waals surface area contributed by atoms with Gasteiger partial charge in [0.15, 0.2) is 0 Å². The van der Waals surface area contributed by atoms with E-state index in [9.17, 15) is 18.0 Å². The van der Waals surface area contributed by atoms with E-state index in [-0.39, 0.29) is 11.1 Å². The molecular weight excluding hydrogens is 251 g/mol. The average molecular weight is 259 g/mol. The highest BCUT2D eigenvalue weighted by Crippen LogP contribution is 2.29. The Morgan fingerprint density at radius 1 is 1.50 bits per heavy atom. The van der Waals surface area contributed by atoms with E-state index in [1.807, 2.05) is 0 Å². The minimum atomic E-state index is -4.94. The summed E-state index contributed by atoms with van der Waals surface area (Å²) in [5.74, 6) is -1.95. The van der Waals surface area contributed by atoms with E-state index < -0.39 is 24.5 Å². The summed E-state index contributed by atoms with van der Waals surface area (Å²) in [5.41, 5.74) is 0.267. The minimum absolute atomic E-state index is 0.00314. The molecule has 4 nitrogen and oxygen atoms in total. The van der Waals surface area contributed by atoms with Crippen LogP contribution in [-0.2, 0) is 11.2 Å². The van der Waals surface area contributed by atoms with Crippen molar-refractivity contribution in [1.29, 1.82) is 5.26 Å². The van der Waals surface area contributed by atoms with Crippen molar-refractivity contribution < 1.29 is 27.8 Å². The number of alkyl halides is 3. The highest BCUT2D eigenvalue weighted by atomic mass is 19.4. The van der Waals surface area contributed by atoms with Crippen molar-refractivity contribution in [2.45, 2.75) is 19.7 Å². The number of hydrogen-bond acceptors (Lipinski definition) is 3. The molecule has 1 N–H and O–H groups in total. The maximum atomic E-state index is 12.1. The summed E-state index contributed by atoms with van der Waals surface area (Å²) < 4.78 is 40.1. The summed E-state index contributed by atoms with van der Waals surface area (Å²) in [4.78, 5) is 10.6. The van der Waals surface area contributed by atoms with Gasteiger partial charge in [0.25, 0.3) is 0 Å². The van der Waals surface area contributed by atoms with Gasteiger partial charge in [-0.2, -0.15) is 5.26 Å². The number of rotatable bonds is 3. The van der Waals surface area contributed by atoms with E-state index in [1.54, 1.807) is 6.07 Å². The molecule has 0 unspecified atom stereocenters. The van der Waals surface area contributed by atoms with Crippen molar-refractivity contribution >= 4 is 5.97 Å². The average Bonchev–Trinajstić information content (AvgIpc) is 2.19. The van der Waals surface area contributed by atoms with Gasteiger partial charge in [-0.3, -0.25) is 4.79 Å². The molecule has 1 rings (SSSR count). The topological polar surface area (TPSA) is 70.3 Å². The van der Waals surface area contributed by atoms with E-state index >= 15 is 0 Å². The van der Waals surface area contributed by atoms with E-state index in [0.717, 1.165) is 6.07 Å². The number of carboxylic acid groups (broad SMARTS) is 1. The summed E-state index contributed by atoms with van der Waals surface area (Å²) in [7, 11) is 0. The predicted molar refractivity (Wildman–Crippen MR) is 53.9 cm³/mol. The SMILES string of the molecule is Cc1cc(CC(=O)O)c(OC(F)(F)F)cc1C#N. The molecule has 1 aromatic rings. The Morgan fingerprint density at radius 3 is 2.56 bits per heavy atom. The van der Waals surface area contributed by atoms with E-state index in [1.165, 1.54) is 13.0 Å². The van der Waals surface area contributed by atoms with Gasteiger partial charge in [-0.15, -0.1) is 13.2 Å². The molecule has 0 spiro atoms. The summed E-state index contributed by atoms with van der Waals surface area (Å²) in [6.07, 6.45) is -5.55. The number of nitrogens with zero attached hydrogens (tertiary/aromatic N) is 1. The van der Waals surface area contributed by atoms with Gasteiger partial charge in [0.2, 0.25) is 0 Å². The maximum absolute atomic E-state index is 12.1. The zero-order valence-electron chi connectivity index (χ0n) is 9.21. The monoisotopic (exact) mass is 259 g/mol. The van der Waals surface area contributed by atoms with Crippen LogP contribution < -0.4 is 4.74 Å². The normalized spacial score (nSPS) is 10.8. The van der Waals surface area contributed by atoms with Gasteiger partial charge in [-0.1, -0.05) is 6.07 Å². The number of halogens is 3. The lowest BCUT2D eigenvalue weighted by Gasteiger charge is -2.13. The molecule has 0 fully saturated rings. The van der Waals surface area contributed by atoms with Crippen LogP contribution in [-0.4, -0.2) is 17.4 Å². The first-order valence-electron chi connectivity index (χ1n) is 4.74. The molecule has 0 aliphatic carbocycles. The molecule has 0 bridgehead atoms. The second-order valence-corrected chi connectivity index (χ2v) is 3.50. The third-order valence-electron chi connectivity index (χ3n) is 2.10. The van der Waals surface area contributed by atoms with Crippen LogP contribution in [0.25, 0.3) is 0 Å². The second-order valence-electron chi connectivity index (χ2n) is 3.50. The lowest BCUT2D eigenvalue weighted by atomic mass is 10.0. The zero-order valence-corrected chi connectivity index (χ0v) is 9.21. The van der Waals surface area contributed by atoms with Crippen LogP contribution in [0.1, 0.15) is 16.7 Å². The van der Waals surface area contributed by atoms with Crippen LogP contribution in [0, 0.1) is 18.3 Å². The Balaban J connectivity index is 3.26. The summed E-state index contributed by atoms with van der Waals surface area (Å²) in [6.45, 7) is 1.50. The molecule has 0 atom stereocenters. The van der Waals surface area contributed by atoms with Crippen molar-refractivity contribution in [1.82, 2.24) is 0 Å². The first kappa shape index (κ1) is 13.8. The number of benzene rings is 1. The van der Waals surface area contributed by atoms with Crippen LogP contribution in [0.5, 0.6) is 5.75 Å². The molecule has 0 saturated heterocycles. The molecule has 96 valence electrons. The first-order chi connectivity index (χ1) is 8.23. The molecule has 0 aliphatic heterocycles. The predicted octanol–water partition coefficient (Wildman–Crippen LogP) is 2.39. The van der Waals surface area contributed by atoms with Gasteiger partial charge < -0.3 is 9.84 Å². The minimum Gasteiger partial charge on any atom is -0.481 e. The number of ether oxygens (including phenoxy) is 1. The van der Waals surface area contributed by atoms with Crippen LogP contribution in [0.4, 0.5) is 13.2 Å². The van der Waals surface area contributed by atoms with E-state index in [4.69, 9.17) is 10.4 Å². The molecule has 18 heavy (non-hydrogen) atoms. The number of carboxylic acids is 1. The third-order valence-corrected chi connectivity index (χ3v) is 2.10. The van der Waals surface area contributed by atoms with Gasteiger partial charge in [0.05, 0.1) is 18.1 Å². The van der Waals surface area contributed by atoms with Crippen molar-refractivity contribution in [3.8, 4) is 11.8 Å². The fourth-order valence-corrected chi connectivity index (χ4v) is 1.39. The van der Waals surface area contributed by atoms with Gasteiger partial charge in [0.1, 0.15) is 5.75 Å². The number of aryl methyl sites for hydroxylation is 1. The molecule has 0 radical (unpaired) electrons. The maximum Gasteiger partial charge on any atom is 0.573 e. The van der Waals surface area contributed by atoms with Crippen molar-refractivity contribution in [2.75, 3.05) is 0 Å². The van der Waals surface area contributed by atoms with Crippen molar-refractivity contribution in [2.24, 2.45) is 0 Å². The number of hydrogen-bond donors (Lipinski definition) is 1. The first-order valence-corrected chi connectivity index (χ1v) is 4.74. The van der Waals surface area contributed by atoms with Crippen LogP contribution >= 0.6 is 0 Å². The molecule has 1 aromatic carbocycles. The summed E-state index contributed by atoms with van der Waals surface area (Å²) in [6, 6.07) is 3.80. The Kier molecular flexibility index (Phi) is 3.81. The standard InChI is InChI=1S/C11H8F3NO3/c1-6-2-7(4-10(16)17)9(3-8(6)5-15)18-11(12,13)14/h2-3H,4H2,1H3,(H,16,17). The Labute approximate surface area is 100 Å². The lowest BCUT2D eigenvalue weighted by Crippen LogP contribution is -2.19. The van der Waals surface area contributed by atoms with Crippen molar-refractivity contribution in [3.05, 3.63) is 28.8 Å². The van der Waals surface area contributed by atoms with Gasteiger partial charge >= 0.3 is 12.3 Å². The highest BCUT2D eigenvalue weighted by Gasteiger charge is 2.32. The third kappa shape index (κ3) is 3.66. The quantitative estimate of drug-likeness (QED) is 0.904. The molecule has 0 heterocycles. The molecule has 0 aromatic heterocycles. The smallest absolute Gasteiger partial charge is 0.481 e. The number of carbonyl (C=O) groups is 1. The fraction of sp³-hybridized carbons (Fsp3) is 0.273. The van der Waals surface area contributed by atoms with Crippen molar-refractivity contribution in [3.63, 3.8) is 0 Å². The van der Waals surface area contributed by atoms with E-state index in [2.05, 4.69) is 4.74 Å². The molecule has 0 amide bonds. The second kappa shape index (κ2) is 4.96. The van der Waals surface area contributed by atoms with E-state index in [0.29, 0.717) is 5.56 Å². The highest BCUT2D eigenvalue weighted by molar-refractivity contribution is 5.72. The van der Waals surface area contributed by atoms with Crippen LogP contribution in [0.15, 0.2) is 12.1 Å². The van der Waals surface area contributed by atoms with Gasteiger partial charge in [-0.05, 0) is 18.6 Å². The van der Waals surface area contributed by atoms with Gasteiger partial charge in [0, 0.05) is 5.56 Å². The molecular formula is C11H8F3NO3. The Morgan fingerprint density at radius 2 is 2.11 bits per heavy atom. The molecule has 0 aliphatic rings. The number of aliphatic carboxylic acids is 1. The molecule has 7 heteroatoms. The fourth-order valence-electron chi connectivity index (χ4n) is 1.39. The largest absolute Gasteiger partial charge is 0.573 e. The number of nitriles is 1. The summed E-state index contributed by atoms with van der Waals surface area (Å²) in [5, 5.41) is 17.3. The Bertz CT molecular complexity index is 517. The summed E-state index contributed by atoms with van der Waals surface area (Å²) >= 11 is 0. The zero-order chi connectivity index (χ0) is 13.9. The lowest BCUT2D eigenvalue weighted by molar-refractivity contribution is -0.274. The Hall–Kier alpha value is -2.23. The van der Waals surface area contributed by atoms with Crippen LogP contribution in [0.3, 0.4) is 0 Å².